The lowest BCUT2D eigenvalue weighted by Gasteiger charge is -2.50. The predicted octanol–water partition coefficient (Wildman–Crippen LogP) is -16.7. The molecule has 88 heavy (non-hydrogen) atoms. The molecule has 8 unspecified atom stereocenters. The summed E-state index contributed by atoms with van der Waals surface area (Å²) in [6.45, 7) is -8.28. The fraction of sp³-hybridized carbons (Fsp3) is 1.00. The molecule has 0 radical (unpaired) electrons. The van der Waals surface area contributed by atoms with Crippen molar-refractivity contribution in [3.63, 3.8) is 0 Å². The number of rotatable bonds is 8. The molecular weight excluding hydrogens is 1210 g/mol. The van der Waals surface area contributed by atoms with Gasteiger partial charge in [0, 0.05) is 12.5 Å². The molecule has 1 saturated carbocycles. The zero-order valence-electron chi connectivity index (χ0n) is 46.3. The quantitative estimate of drug-likeness (QED) is 0.107. The molecule has 24 N–H and O–H groups in total. The van der Waals surface area contributed by atoms with Crippen LogP contribution in [0.1, 0.15) is 6.42 Å². The Labute approximate surface area is 497 Å². The zero-order chi connectivity index (χ0) is 64.1. The van der Waals surface area contributed by atoms with Crippen LogP contribution in [-0.4, -0.2) is 415 Å². The highest BCUT2D eigenvalue weighted by Crippen LogP contribution is 2.40. The van der Waals surface area contributed by atoms with Crippen molar-refractivity contribution >= 4 is 0 Å². The first-order valence-corrected chi connectivity index (χ1v) is 28.5. The Bertz CT molecular complexity index is 1700. The maximum Gasteiger partial charge on any atom is 0.187 e. The van der Waals surface area contributed by atoms with E-state index in [-0.39, 0.29) is 0 Å². The van der Waals surface area contributed by atoms with E-state index in [0.29, 0.717) is 0 Å². The number of hydrogen-bond acceptors (Lipinski definition) is 39. The molecule has 39 heteroatoms. The summed E-state index contributed by atoms with van der Waals surface area (Å²) in [6.07, 6.45) is -78.7. The van der Waals surface area contributed by atoms with Crippen molar-refractivity contribution in [3.05, 3.63) is 0 Å². The smallest absolute Gasteiger partial charge is 0.187 e. The second-order valence-electron chi connectivity index (χ2n) is 23.0. The highest BCUT2D eigenvalue weighted by molar-refractivity contribution is 5.03. The molecule has 29 heterocycles. The number of hydrogen-bond donors (Lipinski definition) is 24. The van der Waals surface area contributed by atoms with Crippen LogP contribution in [0.15, 0.2) is 0 Å². The van der Waals surface area contributed by atoms with E-state index in [1.807, 2.05) is 0 Å². The summed E-state index contributed by atoms with van der Waals surface area (Å²) >= 11 is 0. The van der Waals surface area contributed by atoms with Gasteiger partial charge in [0.15, 0.2) is 44.0 Å². The van der Waals surface area contributed by atoms with E-state index in [9.17, 15) is 123 Å². The van der Waals surface area contributed by atoms with Gasteiger partial charge in [0.25, 0.3) is 0 Å². The van der Waals surface area contributed by atoms with E-state index in [1.165, 1.54) is 0 Å². The van der Waals surface area contributed by atoms with Crippen LogP contribution in [-0.2, 0) is 71.1 Å². The van der Waals surface area contributed by atoms with Crippen LogP contribution in [0.25, 0.3) is 0 Å². The van der Waals surface area contributed by atoms with Gasteiger partial charge in [-0.05, 0) is 6.42 Å². The molecule has 0 aromatic heterocycles. The van der Waals surface area contributed by atoms with Crippen LogP contribution in [0.2, 0.25) is 0 Å². The number of aliphatic hydroxyl groups excluding tert-OH is 24. The van der Waals surface area contributed by atoms with Gasteiger partial charge in [0.1, 0.15) is 183 Å². The Hall–Kier alpha value is -1.56. The maximum absolute atomic E-state index is 11.5. The molecule has 29 aliphatic heterocycles. The van der Waals surface area contributed by atoms with Crippen molar-refractivity contribution in [3.8, 4) is 0 Å². The number of ether oxygens (including phenoxy) is 15. The highest BCUT2D eigenvalue weighted by atomic mass is 16.8. The van der Waals surface area contributed by atoms with E-state index in [4.69, 9.17) is 71.1 Å². The highest BCUT2D eigenvalue weighted by Gasteiger charge is 2.60. The molecule has 0 aromatic carbocycles. The molecule has 512 valence electrons. The molecule has 16 bridgehead atoms. The van der Waals surface area contributed by atoms with Gasteiger partial charge in [-0.3, -0.25) is 0 Å². The molecule has 40 atom stereocenters. The monoisotopic (exact) mass is 1290 g/mol. The molecule has 39 nitrogen and oxygen atoms in total. The maximum atomic E-state index is 11.5. The van der Waals surface area contributed by atoms with Gasteiger partial charge in [0.2, 0.25) is 0 Å². The second-order valence-corrected chi connectivity index (χ2v) is 23.0. The predicted molar refractivity (Wildman–Crippen MR) is 264 cm³/mol. The molecule has 30 rings (SSSR count). The number of aliphatic hydroxyl groups is 24. The van der Waals surface area contributed by atoms with Gasteiger partial charge in [-0.2, -0.15) is 0 Å². The SMILES string of the molecule is OC[C@H]1CC2O[C@H]3[C@H](O)[C@@H](O)C(O[C@H]4[C@H](O)[C@@H](O)C(O[C@H]5[C@H](O)[C@@H](O)C(O[C@H]6[C@H](O)[C@@H](O)C(O[C@H]7[C@H](O)[C@@H](O)C(O[C@H]8[C@H](O)[C@@H](O)C(O[C@H]9[C@H](O)[C@@H](O)C(O[C@H]1[C@H](O)[C@H]2O)O[C@@H]9CO)O[C@@H]8CO)O[C@@H]7CO)O[C@@H]6CO)O[C@@H]5CO)O[C@@H]4CO)O[C@@H]3CO. The topological polar surface area (TPSA) is 624 Å². The van der Waals surface area contributed by atoms with E-state index < -0.39 is 305 Å². The van der Waals surface area contributed by atoms with Gasteiger partial charge in [0.05, 0.1) is 58.5 Å². The van der Waals surface area contributed by atoms with Gasteiger partial charge < -0.3 is 194 Å². The Balaban J connectivity index is 0.975. The lowest BCUT2D eigenvalue weighted by molar-refractivity contribution is -0.399. The first-order valence-electron chi connectivity index (χ1n) is 28.5. The normalized spacial score (nSPS) is 55.4. The van der Waals surface area contributed by atoms with Crippen LogP contribution >= 0.6 is 0 Å². The standard InChI is InChI=1S/C49H82O39/c50-2-10-1-11-19(58)20(59)35(10)82-43-29(68)22(61)37(13(4-52)76-43)84-45-31(70)24(63)39(15(6-54)78-45)86-47-33(72)26(65)41(17(8-56)80-47)88-49-34(73)27(66)42(18(9-57)81-49)87-48-32(71)25(64)40(16(7-55)79-48)85-46-30(69)23(62)38(14(5-53)77-46)83-44-28(67)21(60)36(74-11)12(3-51)75-44/h10-73H,1-9H2/t10-,11?,12-,13-,14-,15-,16-,17-,18-,19+,20-,21-,22-,23-,24-,25-,26-,27-,28-,29-,30-,31-,32-,33-,34-,35-,36-,37-,38-,39-,40-,41-,42-,43?,44?,45?,46?,47?,48?,49?/m1/s1. The van der Waals surface area contributed by atoms with Gasteiger partial charge in [-0.15, -0.1) is 0 Å². The third-order valence-corrected chi connectivity index (χ3v) is 17.4. The minimum Gasteiger partial charge on any atom is -0.396 e. The summed E-state index contributed by atoms with van der Waals surface area (Å²) in [6, 6.07) is 0. The Morgan fingerprint density at radius 1 is 0.182 bits per heavy atom. The minimum absolute atomic E-state index is 0.464. The summed E-state index contributed by atoms with van der Waals surface area (Å²) in [5.74, 6) is -1.27. The van der Waals surface area contributed by atoms with E-state index in [2.05, 4.69) is 0 Å². The molecular formula is C49H82O39. The summed E-state index contributed by atoms with van der Waals surface area (Å²) in [7, 11) is 0. The first-order chi connectivity index (χ1) is 41.9. The average molecular weight is 1300 g/mol. The lowest BCUT2D eigenvalue weighted by atomic mass is 9.80. The largest absolute Gasteiger partial charge is 0.396 e. The van der Waals surface area contributed by atoms with Gasteiger partial charge in [-0.1, -0.05) is 0 Å². The van der Waals surface area contributed by atoms with Gasteiger partial charge >= 0.3 is 0 Å². The molecule has 0 amide bonds. The third kappa shape index (κ3) is 13.8. The van der Waals surface area contributed by atoms with Gasteiger partial charge in [-0.25, -0.2) is 0 Å². The van der Waals surface area contributed by atoms with Crippen LogP contribution in [0, 0.1) is 5.92 Å². The zero-order valence-corrected chi connectivity index (χ0v) is 46.3. The third-order valence-electron chi connectivity index (χ3n) is 17.4. The first kappa shape index (κ1) is 70.7. The summed E-state index contributed by atoms with van der Waals surface area (Å²) in [5.41, 5.74) is 0. The van der Waals surface area contributed by atoms with E-state index >= 15 is 0 Å². The van der Waals surface area contributed by atoms with Crippen LogP contribution in [0.4, 0.5) is 0 Å². The summed E-state index contributed by atoms with van der Waals surface area (Å²) < 4.78 is 86.0. The summed E-state index contributed by atoms with van der Waals surface area (Å²) in [4.78, 5) is 0. The Morgan fingerprint density at radius 3 is 0.534 bits per heavy atom. The van der Waals surface area contributed by atoms with Crippen molar-refractivity contribution in [1.82, 2.24) is 0 Å². The van der Waals surface area contributed by atoms with Crippen molar-refractivity contribution in [1.29, 1.82) is 0 Å². The average Bonchev–Trinajstić information content (AvgIpc) is 1.09. The molecule has 1 aliphatic carbocycles. The fourth-order valence-corrected chi connectivity index (χ4v) is 12.4. The van der Waals surface area contributed by atoms with Crippen molar-refractivity contribution < 1.29 is 194 Å². The Kier molecular flexibility index (Phi) is 24.1. The molecule has 0 spiro atoms. The Morgan fingerprint density at radius 2 is 0.352 bits per heavy atom. The van der Waals surface area contributed by atoms with E-state index in [1.54, 1.807) is 0 Å². The van der Waals surface area contributed by atoms with Crippen molar-refractivity contribution in [2.75, 3.05) is 52.9 Å². The molecule has 30 fully saturated rings. The lowest BCUT2D eigenvalue weighted by Crippen LogP contribution is -2.68. The summed E-state index contributed by atoms with van der Waals surface area (Å²) in [5, 5.41) is 266. The van der Waals surface area contributed by atoms with Crippen LogP contribution in [0.5, 0.6) is 0 Å². The van der Waals surface area contributed by atoms with Crippen molar-refractivity contribution in [2.45, 2.75) is 246 Å². The van der Waals surface area contributed by atoms with Crippen molar-refractivity contribution in [2.24, 2.45) is 5.92 Å². The fourth-order valence-electron chi connectivity index (χ4n) is 12.4. The molecule has 30 aliphatic rings. The van der Waals surface area contributed by atoms with E-state index in [0.717, 1.165) is 0 Å². The van der Waals surface area contributed by atoms with Crippen LogP contribution in [0.3, 0.4) is 0 Å². The molecule has 0 aromatic rings. The second kappa shape index (κ2) is 30.0. The molecule has 29 saturated heterocycles. The minimum atomic E-state index is -2.24. The van der Waals surface area contributed by atoms with Crippen LogP contribution < -0.4 is 0 Å².